The highest BCUT2D eigenvalue weighted by atomic mass is 16.5. The summed E-state index contributed by atoms with van der Waals surface area (Å²) >= 11 is 0. The zero-order valence-corrected chi connectivity index (χ0v) is 16.1. The van der Waals surface area contributed by atoms with Gasteiger partial charge in [-0.2, -0.15) is 0 Å². The SMILES string of the molecule is CCc1cc(=O)oc2cc(OCC(=O)c3ccc(-c4ccccc4)cc3)ccc12. The number of carbonyl (C=O) groups excluding carboxylic acids is 1. The van der Waals surface area contributed by atoms with Gasteiger partial charge in [0.1, 0.15) is 11.3 Å². The minimum Gasteiger partial charge on any atom is -0.485 e. The number of carbonyl (C=O) groups is 1. The van der Waals surface area contributed by atoms with Gasteiger partial charge in [0.05, 0.1) is 0 Å². The van der Waals surface area contributed by atoms with Crippen molar-refractivity contribution in [3.05, 3.63) is 100 Å². The smallest absolute Gasteiger partial charge is 0.336 e. The van der Waals surface area contributed by atoms with Gasteiger partial charge in [0.15, 0.2) is 12.4 Å². The average Bonchev–Trinajstić information content (AvgIpc) is 2.77. The monoisotopic (exact) mass is 384 g/mol. The highest BCUT2D eigenvalue weighted by Crippen LogP contribution is 2.23. The number of benzene rings is 3. The van der Waals surface area contributed by atoms with Crippen LogP contribution in [0.3, 0.4) is 0 Å². The van der Waals surface area contributed by atoms with Crippen molar-refractivity contribution in [1.82, 2.24) is 0 Å². The molecular formula is C25H20O4. The largest absolute Gasteiger partial charge is 0.485 e. The van der Waals surface area contributed by atoms with Crippen LogP contribution in [-0.2, 0) is 6.42 Å². The predicted molar refractivity (Wildman–Crippen MR) is 114 cm³/mol. The molecule has 0 radical (unpaired) electrons. The van der Waals surface area contributed by atoms with Crippen LogP contribution in [0.2, 0.25) is 0 Å². The Labute approximate surface area is 168 Å². The van der Waals surface area contributed by atoms with Crippen molar-refractivity contribution in [1.29, 1.82) is 0 Å². The highest BCUT2D eigenvalue weighted by molar-refractivity contribution is 5.97. The molecule has 0 N–H and O–H groups in total. The molecule has 1 heterocycles. The lowest BCUT2D eigenvalue weighted by Crippen LogP contribution is -2.11. The lowest BCUT2D eigenvalue weighted by atomic mass is 10.0. The zero-order valence-electron chi connectivity index (χ0n) is 16.1. The number of ether oxygens (including phenoxy) is 1. The second-order valence-electron chi connectivity index (χ2n) is 6.76. The van der Waals surface area contributed by atoms with E-state index < -0.39 is 0 Å². The van der Waals surface area contributed by atoms with E-state index in [1.165, 1.54) is 6.07 Å². The Morgan fingerprint density at radius 3 is 2.34 bits per heavy atom. The topological polar surface area (TPSA) is 56.5 Å². The van der Waals surface area contributed by atoms with E-state index in [0.29, 0.717) is 16.9 Å². The van der Waals surface area contributed by atoms with E-state index in [0.717, 1.165) is 28.5 Å². The van der Waals surface area contributed by atoms with Crippen molar-refractivity contribution in [2.75, 3.05) is 6.61 Å². The standard InChI is InChI=1S/C25H20O4/c1-2-17-14-25(27)29-24-15-21(12-13-22(17)24)28-16-23(26)20-10-8-19(9-11-20)18-6-4-3-5-7-18/h3-15H,2,16H2,1H3. The lowest BCUT2D eigenvalue weighted by Gasteiger charge is -2.08. The van der Waals surface area contributed by atoms with Crippen LogP contribution in [0, 0.1) is 0 Å². The molecule has 0 aliphatic rings. The number of fused-ring (bicyclic) bond motifs is 1. The Bertz CT molecular complexity index is 1210. The quantitative estimate of drug-likeness (QED) is 0.335. The third-order valence-corrected chi connectivity index (χ3v) is 4.87. The van der Waals surface area contributed by atoms with Gasteiger partial charge < -0.3 is 9.15 Å². The fourth-order valence-electron chi connectivity index (χ4n) is 3.30. The van der Waals surface area contributed by atoms with Gasteiger partial charge in [0, 0.05) is 23.1 Å². The summed E-state index contributed by atoms with van der Waals surface area (Å²) in [6, 6.07) is 24.3. The molecule has 1 aromatic heterocycles. The van der Waals surface area contributed by atoms with Crippen molar-refractivity contribution in [3.63, 3.8) is 0 Å². The zero-order chi connectivity index (χ0) is 20.2. The predicted octanol–water partition coefficient (Wildman–Crippen LogP) is 5.28. The Kier molecular flexibility index (Phi) is 5.25. The third-order valence-electron chi connectivity index (χ3n) is 4.87. The third kappa shape index (κ3) is 4.11. The van der Waals surface area contributed by atoms with Crippen LogP contribution >= 0.6 is 0 Å². The molecule has 144 valence electrons. The normalized spacial score (nSPS) is 10.8. The summed E-state index contributed by atoms with van der Waals surface area (Å²) in [4.78, 5) is 24.2. The van der Waals surface area contributed by atoms with Crippen molar-refractivity contribution >= 4 is 16.8 Å². The maximum Gasteiger partial charge on any atom is 0.336 e. The Hall–Kier alpha value is -3.66. The molecule has 0 fully saturated rings. The molecule has 0 aliphatic heterocycles. The highest BCUT2D eigenvalue weighted by Gasteiger charge is 2.10. The van der Waals surface area contributed by atoms with Crippen molar-refractivity contribution < 1.29 is 13.9 Å². The van der Waals surface area contributed by atoms with Gasteiger partial charge in [-0.3, -0.25) is 4.79 Å². The van der Waals surface area contributed by atoms with Crippen LogP contribution in [0.5, 0.6) is 5.75 Å². The van der Waals surface area contributed by atoms with Crippen LogP contribution < -0.4 is 10.4 Å². The van der Waals surface area contributed by atoms with Crippen LogP contribution in [0.1, 0.15) is 22.8 Å². The fourth-order valence-corrected chi connectivity index (χ4v) is 3.30. The Morgan fingerprint density at radius 2 is 1.62 bits per heavy atom. The van der Waals surface area contributed by atoms with Crippen LogP contribution in [0.15, 0.2) is 88.1 Å². The second-order valence-corrected chi connectivity index (χ2v) is 6.76. The van der Waals surface area contributed by atoms with E-state index in [4.69, 9.17) is 9.15 Å². The molecule has 0 spiro atoms. The van der Waals surface area contributed by atoms with Gasteiger partial charge >= 0.3 is 5.63 Å². The van der Waals surface area contributed by atoms with E-state index in [1.54, 1.807) is 24.3 Å². The number of ketones is 1. The first-order chi connectivity index (χ1) is 14.1. The molecule has 0 atom stereocenters. The molecule has 0 saturated carbocycles. The molecule has 4 heteroatoms. The van der Waals surface area contributed by atoms with Gasteiger partial charge in [-0.15, -0.1) is 0 Å². The number of aryl methyl sites for hydroxylation is 1. The van der Waals surface area contributed by atoms with Crippen molar-refractivity contribution in [2.45, 2.75) is 13.3 Å². The molecule has 0 bridgehead atoms. The molecule has 4 aromatic rings. The van der Waals surface area contributed by atoms with E-state index >= 15 is 0 Å². The summed E-state index contributed by atoms with van der Waals surface area (Å²) in [5.41, 5.74) is 3.75. The molecule has 0 unspecified atom stereocenters. The number of rotatable bonds is 6. The van der Waals surface area contributed by atoms with Gasteiger partial charge in [0.2, 0.25) is 0 Å². The van der Waals surface area contributed by atoms with Gasteiger partial charge in [0.25, 0.3) is 0 Å². The average molecular weight is 384 g/mol. The summed E-state index contributed by atoms with van der Waals surface area (Å²) < 4.78 is 10.9. The second kappa shape index (κ2) is 8.15. The van der Waals surface area contributed by atoms with Crippen LogP contribution in [-0.4, -0.2) is 12.4 Å². The summed E-state index contributed by atoms with van der Waals surface area (Å²) in [7, 11) is 0. The summed E-state index contributed by atoms with van der Waals surface area (Å²) in [6.07, 6.45) is 0.736. The number of Topliss-reactive ketones (excluding diaryl/α,β-unsaturated/α-hetero) is 1. The Balaban J connectivity index is 1.47. The van der Waals surface area contributed by atoms with Crippen LogP contribution in [0.4, 0.5) is 0 Å². The molecule has 29 heavy (non-hydrogen) atoms. The fraction of sp³-hybridized carbons (Fsp3) is 0.120. The number of hydrogen-bond donors (Lipinski definition) is 0. The molecule has 0 aliphatic carbocycles. The molecule has 0 amide bonds. The summed E-state index contributed by atoms with van der Waals surface area (Å²) in [6.45, 7) is 1.90. The maximum absolute atomic E-state index is 12.5. The van der Waals surface area contributed by atoms with E-state index in [2.05, 4.69) is 0 Å². The van der Waals surface area contributed by atoms with Crippen LogP contribution in [0.25, 0.3) is 22.1 Å². The van der Waals surface area contributed by atoms with E-state index in [1.807, 2.05) is 55.5 Å². The first-order valence-corrected chi connectivity index (χ1v) is 9.52. The van der Waals surface area contributed by atoms with E-state index in [9.17, 15) is 9.59 Å². The molecular weight excluding hydrogens is 364 g/mol. The van der Waals surface area contributed by atoms with Gasteiger partial charge in [-0.1, -0.05) is 61.5 Å². The Morgan fingerprint density at radius 1 is 0.897 bits per heavy atom. The minimum atomic E-state index is -0.388. The van der Waals surface area contributed by atoms with Crippen molar-refractivity contribution in [2.24, 2.45) is 0 Å². The molecule has 0 saturated heterocycles. The first-order valence-electron chi connectivity index (χ1n) is 9.52. The summed E-state index contributed by atoms with van der Waals surface area (Å²) in [5, 5.41) is 0.877. The molecule has 4 rings (SSSR count). The maximum atomic E-state index is 12.5. The molecule has 4 nitrogen and oxygen atoms in total. The lowest BCUT2D eigenvalue weighted by molar-refractivity contribution is 0.0921. The first kappa shape index (κ1) is 18.7. The van der Waals surface area contributed by atoms with Gasteiger partial charge in [-0.05, 0) is 35.2 Å². The molecule has 3 aromatic carbocycles. The van der Waals surface area contributed by atoms with Crippen molar-refractivity contribution in [3.8, 4) is 16.9 Å². The number of hydrogen-bond acceptors (Lipinski definition) is 4. The van der Waals surface area contributed by atoms with E-state index in [-0.39, 0.29) is 18.0 Å². The summed E-state index contributed by atoms with van der Waals surface area (Å²) in [5.74, 6) is 0.372. The minimum absolute atomic E-state index is 0.0894. The van der Waals surface area contributed by atoms with Gasteiger partial charge in [-0.25, -0.2) is 4.79 Å².